The predicted molar refractivity (Wildman–Crippen MR) is 79.4 cm³/mol. The SMILES string of the molecule is CC(C)N(C)CC(=O)N1C[C@@H]2OCCN(S(C)(=O)=O)[C@@H]2C1. The molecule has 122 valence electrons. The zero-order valence-corrected chi connectivity index (χ0v) is 14.0. The van der Waals surface area contributed by atoms with Gasteiger partial charge in [0.2, 0.25) is 15.9 Å². The molecule has 0 spiro atoms. The molecule has 0 aromatic carbocycles. The first-order valence-electron chi connectivity index (χ1n) is 7.26. The molecule has 2 fully saturated rings. The van der Waals surface area contributed by atoms with Crippen molar-refractivity contribution in [1.29, 1.82) is 0 Å². The van der Waals surface area contributed by atoms with E-state index in [0.717, 1.165) is 0 Å². The van der Waals surface area contributed by atoms with Gasteiger partial charge >= 0.3 is 0 Å². The van der Waals surface area contributed by atoms with Crippen molar-refractivity contribution in [2.75, 3.05) is 46.1 Å². The fourth-order valence-corrected chi connectivity index (χ4v) is 3.87. The average Bonchev–Trinajstić information content (AvgIpc) is 2.80. The zero-order valence-electron chi connectivity index (χ0n) is 13.2. The summed E-state index contributed by atoms with van der Waals surface area (Å²) in [7, 11) is -1.35. The van der Waals surface area contributed by atoms with E-state index in [-0.39, 0.29) is 18.1 Å². The molecule has 1 amide bonds. The number of likely N-dealkylation sites (N-methyl/N-ethyl adjacent to an activating group) is 1. The molecule has 2 atom stereocenters. The molecule has 2 rings (SSSR count). The Bertz CT molecular complexity index is 494. The van der Waals surface area contributed by atoms with E-state index in [1.165, 1.54) is 10.6 Å². The Morgan fingerprint density at radius 2 is 2.05 bits per heavy atom. The summed E-state index contributed by atoms with van der Waals surface area (Å²) in [4.78, 5) is 16.0. The highest BCUT2D eigenvalue weighted by Crippen LogP contribution is 2.25. The summed E-state index contributed by atoms with van der Waals surface area (Å²) in [5.74, 6) is 0.0256. The third kappa shape index (κ3) is 3.74. The molecular weight excluding hydrogens is 294 g/mol. The monoisotopic (exact) mass is 319 g/mol. The van der Waals surface area contributed by atoms with Crippen LogP contribution >= 0.6 is 0 Å². The molecule has 8 heteroatoms. The number of likely N-dealkylation sites (tertiary alicyclic amines) is 1. The van der Waals surface area contributed by atoms with Gasteiger partial charge in [-0.1, -0.05) is 0 Å². The summed E-state index contributed by atoms with van der Waals surface area (Å²) >= 11 is 0. The number of amides is 1. The molecule has 0 aromatic heterocycles. The highest BCUT2D eigenvalue weighted by atomic mass is 32.2. The van der Waals surface area contributed by atoms with Crippen LogP contribution in [0, 0.1) is 0 Å². The van der Waals surface area contributed by atoms with Crippen molar-refractivity contribution in [3.05, 3.63) is 0 Å². The van der Waals surface area contributed by atoms with Gasteiger partial charge in [-0.2, -0.15) is 4.31 Å². The van der Waals surface area contributed by atoms with Gasteiger partial charge < -0.3 is 9.64 Å². The van der Waals surface area contributed by atoms with E-state index < -0.39 is 10.0 Å². The number of hydrogen-bond acceptors (Lipinski definition) is 5. The van der Waals surface area contributed by atoms with Crippen LogP contribution in [0.15, 0.2) is 0 Å². The molecule has 0 radical (unpaired) electrons. The van der Waals surface area contributed by atoms with Crippen molar-refractivity contribution in [3.63, 3.8) is 0 Å². The number of carbonyl (C=O) groups excluding carboxylic acids is 1. The van der Waals surface area contributed by atoms with Gasteiger partial charge in [0, 0.05) is 25.7 Å². The van der Waals surface area contributed by atoms with Crippen LogP contribution < -0.4 is 0 Å². The molecule has 2 aliphatic heterocycles. The van der Waals surface area contributed by atoms with Gasteiger partial charge in [-0.25, -0.2) is 8.42 Å². The number of morpholine rings is 1. The summed E-state index contributed by atoms with van der Waals surface area (Å²) in [6.07, 6.45) is 1.01. The van der Waals surface area contributed by atoms with Gasteiger partial charge in [-0.3, -0.25) is 9.69 Å². The van der Waals surface area contributed by atoms with E-state index in [1.54, 1.807) is 4.90 Å². The first-order valence-corrected chi connectivity index (χ1v) is 9.11. The number of fused-ring (bicyclic) bond motifs is 1. The Kier molecular flexibility index (Phi) is 4.92. The summed E-state index contributed by atoms with van der Waals surface area (Å²) in [6, 6.07) is 0.0460. The zero-order chi connectivity index (χ0) is 15.8. The molecule has 0 saturated carbocycles. The maximum Gasteiger partial charge on any atom is 0.236 e. The van der Waals surface area contributed by atoms with Crippen LogP contribution in [0.5, 0.6) is 0 Å². The maximum atomic E-state index is 12.3. The van der Waals surface area contributed by atoms with Gasteiger partial charge in [0.15, 0.2) is 0 Å². The molecule has 0 unspecified atom stereocenters. The van der Waals surface area contributed by atoms with Crippen LogP contribution in [-0.2, 0) is 19.6 Å². The highest BCUT2D eigenvalue weighted by molar-refractivity contribution is 7.88. The lowest BCUT2D eigenvalue weighted by atomic mass is 10.2. The van der Waals surface area contributed by atoms with Crippen LogP contribution in [0.2, 0.25) is 0 Å². The number of ether oxygens (including phenoxy) is 1. The standard InChI is InChI=1S/C13H25N3O4S/c1-10(2)14(3)9-13(17)15-7-11-12(8-15)20-6-5-16(11)21(4,18)19/h10-12H,5-9H2,1-4H3/t11-,12+/m1/s1. The van der Waals surface area contributed by atoms with E-state index in [4.69, 9.17) is 4.74 Å². The molecule has 2 heterocycles. The van der Waals surface area contributed by atoms with Crippen molar-refractivity contribution in [3.8, 4) is 0 Å². The van der Waals surface area contributed by atoms with Crippen molar-refractivity contribution < 1.29 is 17.9 Å². The molecular formula is C13H25N3O4S. The maximum absolute atomic E-state index is 12.3. The Hall–Kier alpha value is -0.700. The fourth-order valence-electron chi connectivity index (χ4n) is 2.77. The lowest BCUT2D eigenvalue weighted by molar-refractivity contribution is -0.131. The molecule has 0 N–H and O–H groups in total. The molecule has 0 aromatic rings. The second-order valence-electron chi connectivity index (χ2n) is 6.16. The first kappa shape index (κ1) is 16.7. The van der Waals surface area contributed by atoms with Crippen LogP contribution in [0.1, 0.15) is 13.8 Å². The summed E-state index contributed by atoms with van der Waals surface area (Å²) in [5.41, 5.74) is 0. The summed E-state index contributed by atoms with van der Waals surface area (Å²) < 4.78 is 30.8. The Labute approximate surface area is 126 Å². The largest absolute Gasteiger partial charge is 0.373 e. The third-order valence-electron chi connectivity index (χ3n) is 4.30. The second-order valence-corrected chi connectivity index (χ2v) is 8.09. The van der Waals surface area contributed by atoms with Crippen molar-refractivity contribution >= 4 is 15.9 Å². The molecule has 2 aliphatic rings. The van der Waals surface area contributed by atoms with Gasteiger partial charge in [-0.05, 0) is 20.9 Å². The number of rotatable bonds is 4. The number of hydrogen-bond donors (Lipinski definition) is 0. The second kappa shape index (κ2) is 6.20. The minimum atomic E-state index is -3.26. The van der Waals surface area contributed by atoms with Crippen LogP contribution in [0.4, 0.5) is 0 Å². The molecule has 7 nitrogen and oxygen atoms in total. The van der Waals surface area contributed by atoms with Gasteiger partial charge in [0.1, 0.15) is 0 Å². The summed E-state index contributed by atoms with van der Waals surface area (Å²) in [6.45, 7) is 6.06. The Balaban J connectivity index is 2.03. The smallest absolute Gasteiger partial charge is 0.236 e. The van der Waals surface area contributed by atoms with Gasteiger partial charge in [0.25, 0.3) is 0 Å². The Morgan fingerprint density at radius 1 is 1.38 bits per heavy atom. The van der Waals surface area contributed by atoms with Gasteiger partial charge in [0.05, 0.1) is 31.6 Å². The van der Waals surface area contributed by atoms with E-state index in [2.05, 4.69) is 0 Å². The number of sulfonamides is 1. The van der Waals surface area contributed by atoms with E-state index >= 15 is 0 Å². The lowest BCUT2D eigenvalue weighted by Crippen LogP contribution is -2.52. The van der Waals surface area contributed by atoms with Crippen molar-refractivity contribution in [2.24, 2.45) is 0 Å². The third-order valence-corrected chi connectivity index (χ3v) is 5.60. The first-order chi connectivity index (χ1) is 9.70. The van der Waals surface area contributed by atoms with Crippen molar-refractivity contribution in [2.45, 2.75) is 32.0 Å². The van der Waals surface area contributed by atoms with Crippen LogP contribution in [-0.4, -0.2) is 92.7 Å². The number of carbonyl (C=O) groups is 1. The lowest BCUT2D eigenvalue weighted by Gasteiger charge is -2.34. The molecule has 0 bridgehead atoms. The topological polar surface area (TPSA) is 70.2 Å². The molecule has 21 heavy (non-hydrogen) atoms. The predicted octanol–water partition coefficient (Wildman–Crippen LogP) is -0.802. The van der Waals surface area contributed by atoms with E-state index in [0.29, 0.717) is 38.8 Å². The summed E-state index contributed by atoms with van der Waals surface area (Å²) in [5, 5.41) is 0. The Morgan fingerprint density at radius 3 is 2.62 bits per heavy atom. The quantitative estimate of drug-likeness (QED) is 0.678. The van der Waals surface area contributed by atoms with E-state index in [1.807, 2.05) is 25.8 Å². The minimum Gasteiger partial charge on any atom is -0.373 e. The number of nitrogens with zero attached hydrogens (tertiary/aromatic N) is 3. The fraction of sp³-hybridized carbons (Fsp3) is 0.923. The van der Waals surface area contributed by atoms with Crippen LogP contribution in [0.3, 0.4) is 0 Å². The average molecular weight is 319 g/mol. The highest BCUT2D eigenvalue weighted by Gasteiger charge is 2.44. The van der Waals surface area contributed by atoms with Gasteiger partial charge in [-0.15, -0.1) is 0 Å². The van der Waals surface area contributed by atoms with Crippen molar-refractivity contribution in [1.82, 2.24) is 14.1 Å². The molecule has 0 aliphatic carbocycles. The normalized spacial score (nSPS) is 27.4. The van der Waals surface area contributed by atoms with Crippen LogP contribution in [0.25, 0.3) is 0 Å². The molecule has 2 saturated heterocycles. The van der Waals surface area contributed by atoms with E-state index in [9.17, 15) is 13.2 Å². The minimum absolute atomic E-state index is 0.0256.